The maximum absolute atomic E-state index is 13.8. The molecule has 50 heavy (non-hydrogen) atoms. The molecule has 5 rings (SSSR count). The molecule has 3 atom stereocenters. The Kier molecular flexibility index (Phi) is 11.7. The number of halogens is 3. The van der Waals surface area contributed by atoms with Crippen LogP contribution in [0.5, 0.6) is 0 Å². The topological polar surface area (TPSA) is 87.7 Å². The second-order valence-electron chi connectivity index (χ2n) is 12.7. The fraction of sp³-hybridized carbons (Fsp3) is 0.325. The monoisotopic (exact) mass is 685 g/mol. The van der Waals surface area contributed by atoms with Crippen molar-refractivity contribution in [3.8, 4) is 11.1 Å². The van der Waals surface area contributed by atoms with Crippen LogP contribution in [0, 0.1) is 5.92 Å². The van der Waals surface area contributed by atoms with Crippen molar-refractivity contribution in [3.05, 3.63) is 125 Å². The summed E-state index contributed by atoms with van der Waals surface area (Å²) in [6.07, 6.45) is -2.10. The van der Waals surface area contributed by atoms with Crippen LogP contribution in [-0.4, -0.2) is 48.9 Å². The molecule has 3 unspecified atom stereocenters. The van der Waals surface area contributed by atoms with Gasteiger partial charge in [0.2, 0.25) is 5.91 Å². The van der Waals surface area contributed by atoms with Crippen LogP contribution in [0.3, 0.4) is 0 Å². The quantitative estimate of drug-likeness (QED) is 0.155. The lowest BCUT2D eigenvalue weighted by molar-refractivity contribution is -0.147. The summed E-state index contributed by atoms with van der Waals surface area (Å²) in [5.74, 6) is -0.894. The lowest BCUT2D eigenvalue weighted by Gasteiger charge is -2.38. The van der Waals surface area contributed by atoms with E-state index in [0.29, 0.717) is 41.9 Å². The molecule has 4 aromatic carbocycles. The predicted octanol–water partition coefficient (Wildman–Crippen LogP) is 8.25. The molecule has 0 spiro atoms. The number of rotatable bonds is 11. The van der Waals surface area contributed by atoms with Gasteiger partial charge in [-0.25, -0.2) is 4.79 Å². The van der Waals surface area contributed by atoms with Gasteiger partial charge in [0.15, 0.2) is 0 Å². The SMILES string of the molecule is CCC(C)C(NC(=O)C(c1ccccc1)N1CCC(c2ccc(NC(=O)c3ccccc3-c3ccc(C(F)(F)F)cc3)cc2)CC1)C(=O)OC. The van der Waals surface area contributed by atoms with Gasteiger partial charge >= 0.3 is 12.1 Å². The molecule has 7 nitrogen and oxygen atoms in total. The number of piperidine rings is 1. The van der Waals surface area contributed by atoms with Crippen LogP contribution in [0.1, 0.15) is 72.1 Å². The molecule has 2 amide bonds. The van der Waals surface area contributed by atoms with Crippen molar-refractivity contribution < 1.29 is 32.3 Å². The van der Waals surface area contributed by atoms with Crippen molar-refractivity contribution in [2.24, 2.45) is 5.92 Å². The summed E-state index contributed by atoms with van der Waals surface area (Å²) in [5.41, 5.74) is 3.22. The first-order valence-electron chi connectivity index (χ1n) is 16.8. The van der Waals surface area contributed by atoms with E-state index >= 15 is 0 Å². The van der Waals surface area contributed by atoms with E-state index in [1.165, 1.54) is 19.2 Å². The van der Waals surface area contributed by atoms with Crippen LogP contribution in [0.15, 0.2) is 103 Å². The number of carbonyl (C=O) groups excluding carboxylic acids is 3. The molecule has 262 valence electrons. The average molecular weight is 686 g/mol. The maximum atomic E-state index is 13.8. The van der Waals surface area contributed by atoms with Gasteiger partial charge in [0.25, 0.3) is 5.91 Å². The van der Waals surface area contributed by atoms with Gasteiger partial charge in [0.1, 0.15) is 12.1 Å². The minimum Gasteiger partial charge on any atom is -0.467 e. The number of amides is 2. The number of anilines is 1. The number of hydrogen-bond donors (Lipinski definition) is 2. The Labute approximate surface area is 290 Å². The van der Waals surface area contributed by atoms with Gasteiger partial charge in [-0.3, -0.25) is 14.5 Å². The molecule has 1 heterocycles. The van der Waals surface area contributed by atoms with E-state index in [1.54, 1.807) is 24.3 Å². The molecule has 4 aromatic rings. The number of alkyl halides is 3. The number of nitrogens with one attached hydrogen (secondary N) is 2. The molecule has 1 aliphatic rings. The zero-order valence-electron chi connectivity index (χ0n) is 28.4. The number of benzene rings is 4. The Hall–Kier alpha value is -4.96. The first-order valence-corrected chi connectivity index (χ1v) is 16.8. The van der Waals surface area contributed by atoms with Crippen LogP contribution < -0.4 is 10.6 Å². The number of hydrogen-bond acceptors (Lipinski definition) is 5. The number of methoxy groups -OCH3 is 1. The highest BCUT2D eigenvalue weighted by molar-refractivity contribution is 6.08. The fourth-order valence-electron chi connectivity index (χ4n) is 6.49. The van der Waals surface area contributed by atoms with E-state index in [4.69, 9.17) is 4.74 Å². The summed E-state index contributed by atoms with van der Waals surface area (Å²) in [4.78, 5) is 41.8. The molecule has 0 bridgehead atoms. The summed E-state index contributed by atoms with van der Waals surface area (Å²) in [6.45, 7) is 5.23. The van der Waals surface area contributed by atoms with Gasteiger partial charge in [-0.1, -0.05) is 93.1 Å². The highest BCUT2D eigenvalue weighted by Crippen LogP contribution is 2.35. The largest absolute Gasteiger partial charge is 0.467 e. The minimum absolute atomic E-state index is 0.0879. The first-order chi connectivity index (χ1) is 24.0. The van der Waals surface area contributed by atoms with E-state index in [9.17, 15) is 27.6 Å². The van der Waals surface area contributed by atoms with Crippen LogP contribution in [0.2, 0.25) is 0 Å². The lowest BCUT2D eigenvalue weighted by atomic mass is 9.88. The summed E-state index contributed by atoms with van der Waals surface area (Å²) in [7, 11) is 1.33. The zero-order valence-corrected chi connectivity index (χ0v) is 28.4. The molecular weight excluding hydrogens is 643 g/mol. The molecule has 2 N–H and O–H groups in total. The van der Waals surface area contributed by atoms with Gasteiger partial charge in [-0.15, -0.1) is 0 Å². The molecule has 0 saturated carbocycles. The number of ether oxygens (including phenoxy) is 1. The summed E-state index contributed by atoms with van der Waals surface area (Å²) in [5, 5.41) is 5.90. The zero-order chi connectivity index (χ0) is 35.8. The molecule has 1 saturated heterocycles. The van der Waals surface area contributed by atoms with E-state index in [0.717, 1.165) is 36.1 Å². The van der Waals surface area contributed by atoms with Gasteiger partial charge < -0.3 is 15.4 Å². The van der Waals surface area contributed by atoms with Crippen LogP contribution >= 0.6 is 0 Å². The first kappa shape index (κ1) is 36.3. The molecule has 10 heteroatoms. The molecule has 0 aromatic heterocycles. The van der Waals surface area contributed by atoms with Gasteiger partial charge in [0, 0.05) is 11.3 Å². The molecule has 1 aliphatic heterocycles. The highest BCUT2D eigenvalue weighted by atomic mass is 19.4. The molecular formula is C40H42F3N3O4. The van der Waals surface area contributed by atoms with E-state index in [2.05, 4.69) is 15.5 Å². The normalized spacial score (nSPS) is 15.8. The predicted molar refractivity (Wildman–Crippen MR) is 187 cm³/mol. The Morgan fingerprint density at radius 3 is 2.08 bits per heavy atom. The summed E-state index contributed by atoms with van der Waals surface area (Å²) >= 11 is 0. The third-order valence-corrected chi connectivity index (χ3v) is 9.56. The van der Waals surface area contributed by atoms with Crippen molar-refractivity contribution in [1.29, 1.82) is 0 Å². The number of nitrogens with zero attached hydrogens (tertiary/aromatic N) is 1. The Morgan fingerprint density at radius 1 is 0.860 bits per heavy atom. The summed E-state index contributed by atoms with van der Waals surface area (Å²) < 4.78 is 44.2. The summed E-state index contributed by atoms with van der Waals surface area (Å²) in [6, 6.07) is 27.5. The smallest absolute Gasteiger partial charge is 0.416 e. The van der Waals surface area contributed by atoms with Crippen molar-refractivity contribution >= 4 is 23.5 Å². The second kappa shape index (κ2) is 16.2. The molecule has 0 radical (unpaired) electrons. The van der Waals surface area contributed by atoms with Crippen LogP contribution in [0.25, 0.3) is 11.1 Å². The van der Waals surface area contributed by atoms with Gasteiger partial charge in [0.05, 0.1) is 12.7 Å². The fourth-order valence-corrected chi connectivity index (χ4v) is 6.49. The second-order valence-corrected chi connectivity index (χ2v) is 12.7. The van der Waals surface area contributed by atoms with Crippen LogP contribution in [0.4, 0.5) is 18.9 Å². The van der Waals surface area contributed by atoms with E-state index in [-0.39, 0.29) is 23.7 Å². The van der Waals surface area contributed by atoms with Gasteiger partial charge in [-0.2, -0.15) is 13.2 Å². The minimum atomic E-state index is -4.44. The van der Waals surface area contributed by atoms with Crippen molar-refractivity contribution in [1.82, 2.24) is 10.2 Å². The van der Waals surface area contributed by atoms with Crippen molar-refractivity contribution in [2.75, 3.05) is 25.5 Å². The third kappa shape index (κ3) is 8.60. The Morgan fingerprint density at radius 2 is 1.48 bits per heavy atom. The lowest BCUT2D eigenvalue weighted by Crippen LogP contribution is -2.51. The number of carbonyl (C=O) groups is 3. The molecule has 1 fully saturated rings. The Bertz CT molecular complexity index is 1750. The molecule has 0 aliphatic carbocycles. The number of esters is 1. The average Bonchev–Trinajstić information content (AvgIpc) is 3.14. The Balaban J connectivity index is 1.24. The third-order valence-electron chi connectivity index (χ3n) is 9.56. The van der Waals surface area contributed by atoms with Crippen molar-refractivity contribution in [2.45, 2.75) is 57.3 Å². The highest BCUT2D eigenvalue weighted by Gasteiger charge is 2.35. The van der Waals surface area contributed by atoms with Crippen LogP contribution in [-0.2, 0) is 20.5 Å². The standard InChI is InChI=1S/C40H42F3N3O4/c1-4-26(2)35(39(49)50-3)45-38(48)36(30-10-6-5-7-11-30)46-24-22-28(23-25-46)27-16-20-32(21-17-27)44-37(47)34-13-9-8-12-33(34)29-14-18-31(19-15-29)40(41,42)43/h5-21,26,28,35-36H,4,22-25H2,1-3H3,(H,44,47)(H,45,48). The maximum Gasteiger partial charge on any atom is 0.416 e. The van der Waals surface area contributed by atoms with Crippen molar-refractivity contribution in [3.63, 3.8) is 0 Å². The van der Waals surface area contributed by atoms with Gasteiger partial charge in [-0.05, 0) is 90.4 Å². The van der Waals surface area contributed by atoms with E-state index in [1.807, 2.05) is 68.4 Å². The van der Waals surface area contributed by atoms with E-state index < -0.39 is 29.8 Å². The number of likely N-dealkylation sites (tertiary alicyclic amines) is 1.